The van der Waals surface area contributed by atoms with Crippen LogP contribution < -0.4 is 9.80 Å². The van der Waals surface area contributed by atoms with Crippen LogP contribution in [0.2, 0.25) is 0 Å². The maximum absolute atomic E-state index is 4.52. The zero-order valence-corrected chi connectivity index (χ0v) is 14.2. The van der Waals surface area contributed by atoms with Crippen molar-refractivity contribution in [2.24, 2.45) is 0 Å². The lowest BCUT2D eigenvalue weighted by Crippen LogP contribution is -2.47. The first-order valence-corrected chi connectivity index (χ1v) is 8.46. The second-order valence-corrected chi connectivity index (χ2v) is 6.06. The number of aryl methyl sites for hydroxylation is 1. The van der Waals surface area contributed by atoms with Crippen molar-refractivity contribution in [2.45, 2.75) is 6.92 Å². The Hall–Kier alpha value is -3.02. The molecule has 0 atom stereocenters. The first-order chi connectivity index (χ1) is 12.3. The number of rotatable bonds is 3. The average Bonchev–Trinajstić information content (AvgIpc) is 2.69. The Morgan fingerprint density at radius 3 is 2.24 bits per heavy atom. The van der Waals surface area contributed by atoms with E-state index in [2.05, 4.69) is 47.9 Å². The second-order valence-electron chi connectivity index (χ2n) is 6.06. The summed E-state index contributed by atoms with van der Waals surface area (Å²) in [4.78, 5) is 22.2. The molecular weight excluding hydrogens is 312 g/mol. The third kappa shape index (κ3) is 3.42. The molecular formula is C19H20N6. The summed E-state index contributed by atoms with van der Waals surface area (Å²) in [5, 5.41) is 0. The van der Waals surface area contributed by atoms with Crippen molar-refractivity contribution in [3.05, 3.63) is 60.8 Å². The van der Waals surface area contributed by atoms with E-state index in [-0.39, 0.29) is 0 Å². The van der Waals surface area contributed by atoms with E-state index in [1.807, 2.05) is 37.4 Å². The van der Waals surface area contributed by atoms with Gasteiger partial charge >= 0.3 is 0 Å². The molecule has 1 aliphatic heterocycles. The van der Waals surface area contributed by atoms with Crippen molar-refractivity contribution in [3.8, 4) is 11.3 Å². The van der Waals surface area contributed by atoms with E-state index < -0.39 is 0 Å². The number of anilines is 2. The average molecular weight is 332 g/mol. The monoisotopic (exact) mass is 332 g/mol. The number of nitrogens with zero attached hydrogens (tertiary/aromatic N) is 6. The molecule has 1 saturated heterocycles. The Bertz CT molecular complexity index is 843. The molecule has 25 heavy (non-hydrogen) atoms. The predicted molar refractivity (Wildman–Crippen MR) is 98.7 cm³/mol. The molecule has 2 aromatic heterocycles. The van der Waals surface area contributed by atoms with E-state index in [0.29, 0.717) is 0 Å². The molecule has 0 unspecified atom stereocenters. The summed E-state index contributed by atoms with van der Waals surface area (Å²) in [5.74, 6) is 2.79. The van der Waals surface area contributed by atoms with E-state index >= 15 is 0 Å². The lowest BCUT2D eigenvalue weighted by atomic mass is 10.1. The SMILES string of the molecule is Cc1nccc(N2CCN(c3cc(-c4ccccc4)ncn3)CC2)n1. The zero-order chi connectivity index (χ0) is 17.1. The minimum atomic E-state index is 0.809. The first-order valence-electron chi connectivity index (χ1n) is 8.46. The van der Waals surface area contributed by atoms with Crippen LogP contribution in [0.1, 0.15) is 5.82 Å². The Balaban J connectivity index is 1.48. The minimum absolute atomic E-state index is 0.809. The van der Waals surface area contributed by atoms with E-state index in [1.165, 1.54) is 0 Å². The highest BCUT2D eigenvalue weighted by Gasteiger charge is 2.19. The second kappa shape index (κ2) is 6.84. The van der Waals surface area contributed by atoms with Crippen LogP contribution in [0, 0.1) is 6.92 Å². The van der Waals surface area contributed by atoms with Gasteiger partial charge in [-0.2, -0.15) is 0 Å². The van der Waals surface area contributed by atoms with Gasteiger partial charge in [-0.1, -0.05) is 30.3 Å². The summed E-state index contributed by atoms with van der Waals surface area (Å²) in [6.45, 7) is 5.58. The van der Waals surface area contributed by atoms with Gasteiger partial charge in [-0.05, 0) is 13.0 Å². The highest BCUT2D eigenvalue weighted by Crippen LogP contribution is 2.22. The van der Waals surface area contributed by atoms with Crippen molar-refractivity contribution in [1.29, 1.82) is 0 Å². The van der Waals surface area contributed by atoms with Crippen LogP contribution in [0.4, 0.5) is 11.6 Å². The minimum Gasteiger partial charge on any atom is -0.353 e. The lowest BCUT2D eigenvalue weighted by molar-refractivity contribution is 0.639. The highest BCUT2D eigenvalue weighted by molar-refractivity contribution is 5.62. The summed E-state index contributed by atoms with van der Waals surface area (Å²) >= 11 is 0. The first kappa shape index (κ1) is 15.5. The molecule has 4 rings (SSSR count). The van der Waals surface area contributed by atoms with Gasteiger partial charge in [-0.15, -0.1) is 0 Å². The molecule has 126 valence electrons. The molecule has 6 nitrogen and oxygen atoms in total. The van der Waals surface area contributed by atoms with Crippen molar-refractivity contribution in [1.82, 2.24) is 19.9 Å². The van der Waals surface area contributed by atoms with Gasteiger partial charge in [0.25, 0.3) is 0 Å². The van der Waals surface area contributed by atoms with Crippen LogP contribution in [-0.2, 0) is 0 Å². The molecule has 0 spiro atoms. The standard InChI is InChI=1S/C19H20N6/c1-15-20-8-7-18(23-15)24-9-11-25(12-10-24)19-13-17(21-14-22-19)16-5-3-2-4-6-16/h2-8,13-14H,9-12H2,1H3. The highest BCUT2D eigenvalue weighted by atomic mass is 15.3. The fourth-order valence-electron chi connectivity index (χ4n) is 3.07. The maximum Gasteiger partial charge on any atom is 0.132 e. The van der Waals surface area contributed by atoms with Gasteiger partial charge in [0.15, 0.2) is 0 Å². The molecule has 3 heterocycles. The van der Waals surface area contributed by atoms with Gasteiger partial charge < -0.3 is 9.80 Å². The summed E-state index contributed by atoms with van der Waals surface area (Å²) in [5.41, 5.74) is 2.07. The van der Waals surface area contributed by atoms with Crippen LogP contribution in [0.25, 0.3) is 11.3 Å². The third-order valence-corrected chi connectivity index (χ3v) is 4.41. The molecule has 0 bridgehead atoms. The molecule has 1 fully saturated rings. The van der Waals surface area contributed by atoms with E-state index in [0.717, 1.165) is 54.9 Å². The van der Waals surface area contributed by atoms with E-state index in [9.17, 15) is 0 Å². The number of piperazine rings is 1. The summed E-state index contributed by atoms with van der Waals surface area (Å²) in [6.07, 6.45) is 3.47. The molecule has 1 aliphatic rings. The largest absolute Gasteiger partial charge is 0.353 e. The Morgan fingerprint density at radius 2 is 1.52 bits per heavy atom. The normalized spacial score (nSPS) is 14.6. The van der Waals surface area contributed by atoms with E-state index in [4.69, 9.17) is 0 Å². The summed E-state index contributed by atoms with van der Waals surface area (Å²) < 4.78 is 0. The van der Waals surface area contributed by atoms with Gasteiger partial charge in [0.1, 0.15) is 23.8 Å². The Morgan fingerprint density at radius 1 is 0.800 bits per heavy atom. The third-order valence-electron chi connectivity index (χ3n) is 4.41. The zero-order valence-electron chi connectivity index (χ0n) is 14.2. The summed E-state index contributed by atoms with van der Waals surface area (Å²) in [7, 11) is 0. The van der Waals surface area contributed by atoms with Crippen molar-refractivity contribution in [3.63, 3.8) is 0 Å². The molecule has 6 heteroatoms. The predicted octanol–water partition coefficient (Wildman–Crippen LogP) is 2.57. The van der Waals surface area contributed by atoms with Gasteiger partial charge in [-0.25, -0.2) is 19.9 Å². The fraction of sp³-hybridized carbons (Fsp3) is 0.263. The quantitative estimate of drug-likeness (QED) is 0.735. The Kier molecular flexibility index (Phi) is 4.24. The lowest BCUT2D eigenvalue weighted by Gasteiger charge is -2.36. The van der Waals surface area contributed by atoms with Crippen LogP contribution in [-0.4, -0.2) is 46.1 Å². The van der Waals surface area contributed by atoms with Crippen molar-refractivity contribution >= 4 is 11.6 Å². The molecule has 0 saturated carbocycles. The maximum atomic E-state index is 4.52. The number of hydrogen-bond acceptors (Lipinski definition) is 6. The van der Waals surface area contributed by atoms with Gasteiger partial charge in [-0.3, -0.25) is 0 Å². The topological polar surface area (TPSA) is 58.0 Å². The van der Waals surface area contributed by atoms with Crippen LogP contribution in [0.5, 0.6) is 0 Å². The Labute approximate surface area is 147 Å². The van der Waals surface area contributed by atoms with Gasteiger partial charge in [0, 0.05) is 44.0 Å². The van der Waals surface area contributed by atoms with Gasteiger partial charge in [0.2, 0.25) is 0 Å². The molecule has 0 N–H and O–H groups in total. The fourth-order valence-corrected chi connectivity index (χ4v) is 3.07. The molecule has 0 aliphatic carbocycles. The van der Waals surface area contributed by atoms with Gasteiger partial charge in [0.05, 0.1) is 5.69 Å². The smallest absolute Gasteiger partial charge is 0.132 e. The van der Waals surface area contributed by atoms with Crippen LogP contribution in [0.15, 0.2) is 55.0 Å². The van der Waals surface area contributed by atoms with Crippen LogP contribution >= 0.6 is 0 Å². The number of aromatic nitrogens is 4. The van der Waals surface area contributed by atoms with Crippen molar-refractivity contribution < 1.29 is 0 Å². The van der Waals surface area contributed by atoms with Crippen LogP contribution in [0.3, 0.4) is 0 Å². The number of benzene rings is 1. The molecule has 0 amide bonds. The molecule has 1 aromatic carbocycles. The molecule has 3 aromatic rings. The molecule has 0 radical (unpaired) electrons. The van der Waals surface area contributed by atoms with Crippen molar-refractivity contribution in [2.75, 3.05) is 36.0 Å². The summed E-state index contributed by atoms with van der Waals surface area (Å²) in [6, 6.07) is 14.3. The van der Waals surface area contributed by atoms with E-state index in [1.54, 1.807) is 6.33 Å². The number of hydrogen-bond donors (Lipinski definition) is 0.